The summed E-state index contributed by atoms with van der Waals surface area (Å²) in [7, 11) is 0. The Hall–Kier alpha value is -2.05. The van der Waals surface area contributed by atoms with Gasteiger partial charge in [0.2, 0.25) is 0 Å². The van der Waals surface area contributed by atoms with Crippen LogP contribution in [0.2, 0.25) is 0 Å². The van der Waals surface area contributed by atoms with E-state index in [0.29, 0.717) is 30.0 Å². The zero-order valence-corrected chi connectivity index (χ0v) is 19.6. The van der Waals surface area contributed by atoms with Gasteiger partial charge >= 0.3 is 6.18 Å². The minimum atomic E-state index is -5.25. The lowest BCUT2D eigenvalue weighted by Crippen LogP contribution is -2.15. The number of alkyl halides is 3. The maximum atomic E-state index is 14.7. The largest absolute Gasteiger partial charge is 0.422 e. The fourth-order valence-electron chi connectivity index (χ4n) is 5.03. The molecule has 0 spiro atoms. The van der Waals surface area contributed by atoms with Gasteiger partial charge in [0, 0.05) is 0 Å². The average molecular weight is 489 g/mol. The highest BCUT2D eigenvalue weighted by molar-refractivity contribution is 5.66. The van der Waals surface area contributed by atoms with Gasteiger partial charge in [-0.05, 0) is 66.0 Å². The third-order valence-corrected chi connectivity index (χ3v) is 6.92. The fourth-order valence-corrected chi connectivity index (χ4v) is 5.03. The summed E-state index contributed by atoms with van der Waals surface area (Å²) in [6.07, 6.45) is 4.31. The van der Waals surface area contributed by atoms with Crippen LogP contribution in [0.1, 0.15) is 76.3 Å². The molecule has 0 aliphatic heterocycles. The van der Waals surface area contributed by atoms with Crippen LogP contribution < -0.4 is 0 Å². The van der Waals surface area contributed by atoms with Crippen LogP contribution in [-0.4, -0.2) is 0 Å². The van der Waals surface area contributed by atoms with Crippen LogP contribution in [-0.2, 0) is 12.6 Å². The Morgan fingerprint density at radius 2 is 1.26 bits per heavy atom. The molecule has 0 N–H and O–H groups in total. The molecule has 0 bridgehead atoms. The molecule has 2 aromatic carbocycles. The molecule has 3 rings (SSSR count). The van der Waals surface area contributed by atoms with Gasteiger partial charge in [0.25, 0.3) is 0 Å². The average Bonchev–Trinajstić information content (AvgIpc) is 2.71. The van der Waals surface area contributed by atoms with E-state index in [9.17, 15) is 30.7 Å². The van der Waals surface area contributed by atoms with Crippen molar-refractivity contribution in [3.8, 4) is 11.1 Å². The zero-order chi connectivity index (χ0) is 25.0. The molecule has 0 saturated heterocycles. The van der Waals surface area contributed by atoms with Crippen molar-refractivity contribution in [1.82, 2.24) is 0 Å². The predicted octanol–water partition coefficient (Wildman–Crippen LogP) is 9.49. The van der Waals surface area contributed by atoms with E-state index in [2.05, 4.69) is 13.8 Å². The summed E-state index contributed by atoms with van der Waals surface area (Å²) in [5, 5.41) is 0. The van der Waals surface area contributed by atoms with E-state index < -0.39 is 46.1 Å². The molecule has 1 aliphatic carbocycles. The number of rotatable bonds is 8. The highest BCUT2D eigenvalue weighted by atomic mass is 19.4. The highest BCUT2D eigenvalue weighted by Gasteiger charge is 2.38. The first-order valence-corrected chi connectivity index (χ1v) is 12.0. The second-order valence-electron chi connectivity index (χ2n) is 10.00. The van der Waals surface area contributed by atoms with Crippen LogP contribution >= 0.6 is 0 Å². The summed E-state index contributed by atoms with van der Waals surface area (Å²) in [5.41, 5.74) is -3.01. The number of hydrogen-bond donors (Lipinski definition) is 0. The number of benzene rings is 2. The monoisotopic (exact) mass is 488 g/mol. The molecule has 7 heteroatoms. The predicted molar refractivity (Wildman–Crippen MR) is 119 cm³/mol. The maximum Gasteiger partial charge on any atom is 0.422 e. The Balaban J connectivity index is 1.63. The van der Waals surface area contributed by atoms with E-state index in [1.165, 1.54) is 32.1 Å². The van der Waals surface area contributed by atoms with E-state index in [0.717, 1.165) is 43.2 Å². The normalized spacial score (nSPS) is 19.1. The molecule has 1 saturated carbocycles. The van der Waals surface area contributed by atoms with Gasteiger partial charge in [-0.1, -0.05) is 58.8 Å². The van der Waals surface area contributed by atoms with Gasteiger partial charge in [-0.15, -0.1) is 0 Å². The zero-order valence-electron chi connectivity index (χ0n) is 19.6. The summed E-state index contributed by atoms with van der Waals surface area (Å²) in [5.74, 6) is -3.96. The summed E-state index contributed by atoms with van der Waals surface area (Å²) >= 11 is 0. The highest BCUT2D eigenvalue weighted by Crippen LogP contribution is 2.38. The summed E-state index contributed by atoms with van der Waals surface area (Å²) in [4.78, 5) is 0. The van der Waals surface area contributed by atoms with E-state index >= 15 is 0 Å². The Morgan fingerprint density at radius 1 is 0.765 bits per heavy atom. The topological polar surface area (TPSA) is 0 Å². The summed E-state index contributed by atoms with van der Waals surface area (Å²) < 4.78 is 95.4. The Labute approximate surface area is 196 Å². The van der Waals surface area contributed by atoms with Gasteiger partial charge in [0.15, 0.2) is 0 Å². The van der Waals surface area contributed by atoms with Crippen molar-refractivity contribution in [3.05, 3.63) is 58.7 Å². The molecule has 34 heavy (non-hydrogen) atoms. The van der Waals surface area contributed by atoms with Crippen molar-refractivity contribution < 1.29 is 30.7 Å². The van der Waals surface area contributed by atoms with E-state index in [1.54, 1.807) is 0 Å². The quantitative estimate of drug-likeness (QED) is 0.325. The molecule has 0 unspecified atom stereocenters. The fraction of sp³-hybridized carbons (Fsp3) is 0.556. The molecule has 0 heterocycles. The van der Waals surface area contributed by atoms with Gasteiger partial charge in [0.05, 0.1) is 5.56 Å². The summed E-state index contributed by atoms with van der Waals surface area (Å²) in [6, 6.07) is 2.83. The third-order valence-electron chi connectivity index (χ3n) is 6.92. The van der Waals surface area contributed by atoms with E-state index in [1.807, 2.05) is 0 Å². The van der Waals surface area contributed by atoms with Crippen molar-refractivity contribution in [2.24, 2.45) is 17.8 Å². The molecule has 2 aromatic rings. The SMILES string of the molecule is CC(C)CCCC1CCC(CCc2cc(F)c(-c3cc(F)c(C(F)(F)F)c(F)c3)c(F)c2)CC1. The van der Waals surface area contributed by atoms with Gasteiger partial charge in [0.1, 0.15) is 28.8 Å². The van der Waals surface area contributed by atoms with Crippen molar-refractivity contribution >= 4 is 0 Å². The maximum absolute atomic E-state index is 14.7. The van der Waals surface area contributed by atoms with Gasteiger partial charge < -0.3 is 0 Å². The third kappa shape index (κ3) is 6.76. The Morgan fingerprint density at radius 3 is 1.74 bits per heavy atom. The van der Waals surface area contributed by atoms with Crippen LogP contribution in [0.4, 0.5) is 30.7 Å². The lowest BCUT2D eigenvalue weighted by atomic mass is 9.77. The molecule has 1 aliphatic rings. The van der Waals surface area contributed by atoms with Crippen molar-refractivity contribution in [2.75, 3.05) is 0 Å². The van der Waals surface area contributed by atoms with Crippen molar-refractivity contribution in [1.29, 1.82) is 0 Å². The second-order valence-corrected chi connectivity index (χ2v) is 10.00. The lowest BCUT2D eigenvalue weighted by molar-refractivity contribution is -0.142. The van der Waals surface area contributed by atoms with Gasteiger partial charge in [-0.2, -0.15) is 13.2 Å². The molecular weight excluding hydrogens is 457 g/mol. The van der Waals surface area contributed by atoms with Gasteiger partial charge in [-0.3, -0.25) is 0 Å². The van der Waals surface area contributed by atoms with Crippen LogP contribution in [0.15, 0.2) is 24.3 Å². The molecule has 0 aromatic heterocycles. The minimum Gasteiger partial charge on any atom is -0.206 e. The number of hydrogen-bond acceptors (Lipinski definition) is 0. The molecule has 0 nitrogen and oxygen atoms in total. The Bertz CT molecular complexity index is 923. The van der Waals surface area contributed by atoms with Crippen LogP contribution in [0.3, 0.4) is 0 Å². The molecular formula is C27H31F7. The standard InChI is InChI=1S/C27H31F7/c1-16(2)4-3-5-17-6-8-18(9-7-17)10-11-19-12-21(28)25(22(29)13-19)20-14-23(30)26(24(31)15-20)27(32,33)34/h12-18H,3-11H2,1-2H3. The van der Waals surface area contributed by atoms with Crippen molar-refractivity contribution in [2.45, 2.75) is 77.8 Å². The first kappa shape index (κ1) is 26.6. The number of aryl methyl sites for hydroxylation is 1. The van der Waals surface area contributed by atoms with Crippen LogP contribution in [0, 0.1) is 41.0 Å². The smallest absolute Gasteiger partial charge is 0.206 e. The molecule has 0 atom stereocenters. The molecule has 1 fully saturated rings. The lowest BCUT2D eigenvalue weighted by Gasteiger charge is -2.28. The van der Waals surface area contributed by atoms with Crippen LogP contribution in [0.25, 0.3) is 11.1 Å². The molecule has 0 amide bonds. The van der Waals surface area contributed by atoms with E-state index in [-0.39, 0.29) is 0 Å². The van der Waals surface area contributed by atoms with Crippen LogP contribution in [0.5, 0.6) is 0 Å². The molecule has 188 valence electrons. The second kappa shape index (κ2) is 11.1. The minimum absolute atomic E-state index is 0.312. The molecule has 0 radical (unpaired) electrons. The first-order valence-electron chi connectivity index (χ1n) is 12.0. The number of halogens is 7. The van der Waals surface area contributed by atoms with E-state index in [4.69, 9.17) is 0 Å². The Kier molecular flexibility index (Phi) is 8.69. The summed E-state index contributed by atoms with van der Waals surface area (Å²) in [6.45, 7) is 4.46. The first-order chi connectivity index (χ1) is 16.0. The van der Waals surface area contributed by atoms with Gasteiger partial charge in [-0.25, -0.2) is 17.6 Å². The van der Waals surface area contributed by atoms with Crippen molar-refractivity contribution in [3.63, 3.8) is 0 Å².